The van der Waals surface area contributed by atoms with Crippen molar-refractivity contribution in [1.82, 2.24) is 0 Å². The molecule has 0 radical (unpaired) electrons. The van der Waals surface area contributed by atoms with Crippen molar-refractivity contribution in [1.29, 1.82) is 0 Å². The van der Waals surface area contributed by atoms with Crippen molar-refractivity contribution in [2.75, 3.05) is 36.1 Å². The molecule has 0 atom stereocenters. The third-order valence-electron chi connectivity index (χ3n) is 5.26. The van der Waals surface area contributed by atoms with Gasteiger partial charge >= 0.3 is 0 Å². The summed E-state index contributed by atoms with van der Waals surface area (Å²) < 4.78 is 10.9. The van der Waals surface area contributed by atoms with Crippen LogP contribution in [0.2, 0.25) is 0 Å². The first-order valence-corrected chi connectivity index (χ1v) is 10.0. The van der Waals surface area contributed by atoms with Gasteiger partial charge in [0, 0.05) is 30.9 Å². The molecule has 2 aromatic carbocycles. The summed E-state index contributed by atoms with van der Waals surface area (Å²) in [5.41, 5.74) is 2.57. The maximum absolute atomic E-state index is 13.8. The molecule has 8 heteroatoms. The molecular formula is C23H23N3O5. The van der Waals surface area contributed by atoms with Crippen LogP contribution in [-0.4, -0.2) is 37.1 Å². The summed E-state index contributed by atoms with van der Waals surface area (Å²) in [7, 11) is 0. The highest BCUT2D eigenvalue weighted by atomic mass is 16.6. The van der Waals surface area contributed by atoms with Gasteiger partial charge in [-0.3, -0.25) is 14.9 Å². The maximum Gasteiger partial charge on any atom is 0.270 e. The van der Waals surface area contributed by atoms with Gasteiger partial charge in [-0.05, 0) is 37.3 Å². The largest absolute Gasteiger partial charge is 0.467 e. The van der Waals surface area contributed by atoms with Crippen LogP contribution in [0.25, 0.3) is 0 Å². The lowest BCUT2D eigenvalue weighted by Gasteiger charge is -2.31. The highest BCUT2D eigenvalue weighted by molar-refractivity contribution is 6.10. The molecule has 1 aromatic heterocycles. The summed E-state index contributed by atoms with van der Waals surface area (Å²) >= 11 is 0. The number of rotatable bonds is 6. The van der Waals surface area contributed by atoms with Gasteiger partial charge in [-0.2, -0.15) is 0 Å². The van der Waals surface area contributed by atoms with Crippen molar-refractivity contribution < 1.29 is 18.9 Å². The molecule has 3 aromatic rings. The lowest BCUT2D eigenvalue weighted by Crippen LogP contribution is -2.38. The number of carbonyl (C=O) groups is 1. The number of hydrogen-bond acceptors (Lipinski definition) is 6. The molecule has 1 amide bonds. The third-order valence-corrected chi connectivity index (χ3v) is 5.26. The minimum atomic E-state index is -0.484. The van der Waals surface area contributed by atoms with Crippen molar-refractivity contribution in [3.63, 3.8) is 0 Å². The lowest BCUT2D eigenvalue weighted by molar-refractivity contribution is -0.384. The van der Waals surface area contributed by atoms with Crippen LogP contribution in [0.3, 0.4) is 0 Å². The first-order valence-electron chi connectivity index (χ1n) is 10.0. The second-order valence-electron chi connectivity index (χ2n) is 7.36. The van der Waals surface area contributed by atoms with Crippen LogP contribution >= 0.6 is 0 Å². The van der Waals surface area contributed by atoms with Crippen LogP contribution in [0.5, 0.6) is 0 Å². The van der Waals surface area contributed by atoms with E-state index in [0.717, 1.165) is 5.56 Å². The number of ether oxygens (including phenoxy) is 1. The molecule has 0 bridgehead atoms. The molecule has 4 rings (SSSR count). The van der Waals surface area contributed by atoms with E-state index in [1.165, 1.54) is 12.1 Å². The number of nitrogens with zero attached hydrogens (tertiary/aromatic N) is 3. The number of furan rings is 1. The molecule has 1 aliphatic heterocycles. The monoisotopic (exact) mass is 421 g/mol. The first-order chi connectivity index (χ1) is 15.0. The third kappa shape index (κ3) is 4.59. The van der Waals surface area contributed by atoms with E-state index in [9.17, 15) is 14.9 Å². The molecule has 1 aliphatic rings. The molecule has 160 valence electrons. The number of aryl methyl sites for hydroxylation is 1. The Labute approximate surface area is 179 Å². The second kappa shape index (κ2) is 9.01. The van der Waals surface area contributed by atoms with Gasteiger partial charge in [0.1, 0.15) is 5.76 Å². The van der Waals surface area contributed by atoms with Gasteiger partial charge in [0.05, 0.1) is 42.2 Å². The molecule has 31 heavy (non-hydrogen) atoms. The average molecular weight is 421 g/mol. The Morgan fingerprint density at radius 3 is 2.52 bits per heavy atom. The van der Waals surface area contributed by atoms with E-state index in [1.54, 1.807) is 29.4 Å². The Balaban J connectivity index is 1.78. The smallest absolute Gasteiger partial charge is 0.270 e. The summed E-state index contributed by atoms with van der Waals surface area (Å²) in [5.74, 6) is 0.290. The molecular weight excluding hydrogens is 398 g/mol. The molecule has 8 nitrogen and oxygen atoms in total. The number of carbonyl (C=O) groups excluding carboxylic acids is 1. The Morgan fingerprint density at radius 2 is 1.87 bits per heavy atom. The van der Waals surface area contributed by atoms with Crippen LogP contribution in [0, 0.1) is 17.0 Å². The van der Waals surface area contributed by atoms with E-state index in [-0.39, 0.29) is 23.7 Å². The van der Waals surface area contributed by atoms with E-state index in [0.29, 0.717) is 43.4 Å². The van der Waals surface area contributed by atoms with Crippen LogP contribution in [0.1, 0.15) is 21.7 Å². The summed E-state index contributed by atoms with van der Waals surface area (Å²) in [6.45, 7) is 4.48. The summed E-state index contributed by atoms with van der Waals surface area (Å²) in [5, 5.41) is 11.4. The van der Waals surface area contributed by atoms with Crippen LogP contribution in [0.4, 0.5) is 17.1 Å². The van der Waals surface area contributed by atoms with Gasteiger partial charge in [-0.1, -0.05) is 17.7 Å². The normalized spacial score (nSPS) is 13.8. The summed E-state index contributed by atoms with van der Waals surface area (Å²) in [6, 6.07) is 15.6. The zero-order valence-electron chi connectivity index (χ0n) is 17.2. The van der Waals surface area contributed by atoms with E-state index >= 15 is 0 Å². The van der Waals surface area contributed by atoms with Gasteiger partial charge < -0.3 is 19.0 Å². The SMILES string of the molecule is Cc1ccc(N(Cc2ccco2)C(=O)c2cc([N+](=O)[O-])ccc2N2CCOCC2)cc1. The number of morpholine rings is 1. The highest BCUT2D eigenvalue weighted by Crippen LogP contribution is 2.30. The Kier molecular flexibility index (Phi) is 5.99. The van der Waals surface area contributed by atoms with Gasteiger partial charge in [0.15, 0.2) is 0 Å². The minimum Gasteiger partial charge on any atom is -0.467 e. The zero-order valence-corrected chi connectivity index (χ0v) is 17.2. The van der Waals surface area contributed by atoms with Crippen LogP contribution in [0.15, 0.2) is 65.3 Å². The number of amides is 1. The van der Waals surface area contributed by atoms with Crippen molar-refractivity contribution >= 4 is 23.0 Å². The molecule has 1 fully saturated rings. The number of anilines is 2. The fraction of sp³-hybridized carbons (Fsp3) is 0.261. The van der Waals surface area contributed by atoms with Crippen molar-refractivity contribution in [3.8, 4) is 0 Å². The fourth-order valence-electron chi connectivity index (χ4n) is 3.60. The molecule has 0 aliphatic carbocycles. The minimum absolute atomic E-state index is 0.123. The Morgan fingerprint density at radius 1 is 1.13 bits per heavy atom. The number of hydrogen-bond donors (Lipinski definition) is 0. The molecule has 0 saturated carbocycles. The Bertz CT molecular complexity index is 1060. The quantitative estimate of drug-likeness (QED) is 0.438. The predicted octanol–water partition coefficient (Wildman–Crippen LogP) is 4.18. The summed E-state index contributed by atoms with van der Waals surface area (Å²) in [6.07, 6.45) is 1.56. The maximum atomic E-state index is 13.8. The fourth-order valence-corrected chi connectivity index (χ4v) is 3.60. The highest BCUT2D eigenvalue weighted by Gasteiger charge is 2.27. The molecule has 0 N–H and O–H groups in total. The van der Waals surface area contributed by atoms with E-state index in [2.05, 4.69) is 0 Å². The molecule has 2 heterocycles. The van der Waals surface area contributed by atoms with Crippen molar-refractivity contribution in [2.45, 2.75) is 13.5 Å². The van der Waals surface area contributed by atoms with Gasteiger partial charge in [0.2, 0.25) is 0 Å². The predicted molar refractivity (Wildman–Crippen MR) is 117 cm³/mol. The number of nitro groups is 1. The summed E-state index contributed by atoms with van der Waals surface area (Å²) in [4.78, 5) is 28.4. The lowest BCUT2D eigenvalue weighted by atomic mass is 10.1. The first kappa shape index (κ1) is 20.6. The number of benzene rings is 2. The van der Waals surface area contributed by atoms with Gasteiger partial charge in [-0.15, -0.1) is 0 Å². The Hall–Kier alpha value is -3.65. The van der Waals surface area contributed by atoms with Gasteiger partial charge in [-0.25, -0.2) is 0 Å². The van der Waals surface area contributed by atoms with E-state index in [4.69, 9.17) is 9.15 Å². The number of nitro benzene ring substituents is 1. The second-order valence-corrected chi connectivity index (χ2v) is 7.36. The van der Waals surface area contributed by atoms with E-state index < -0.39 is 4.92 Å². The molecule has 1 saturated heterocycles. The number of non-ortho nitro benzene ring substituents is 1. The average Bonchev–Trinajstić information content (AvgIpc) is 3.31. The zero-order chi connectivity index (χ0) is 21.8. The standard InChI is InChI=1S/C23H23N3O5/c1-17-4-6-18(7-5-17)25(16-20-3-2-12-31-20)23(27)21-15-19(26(28)29)8-9-22(21)24-10-13-30-14-11-24/h2-9,12,15H,10-11,13-14,16H2,1H3. The van der Waals surface area contributed by atoms with Crippen molar-refractivity contribution in [3.05, 3.63) is 87.9 Å². The molecule has 0 spiro atoms. The molecule has 0 unspecified atom stereocenters. The van der Waals surface area contributed by atoms with Crippen LogP contribution < -0.4 is 9.80 Å². The topological polar surface area (TPSA) is 89.1 Å². The van der Waals surface area contributed by atoms with Crippen LogP contribution in [-0.2, 0) is 11.3 Å². The van der Waals surface area contributed by atoms with E-state index in [1.807, 2.05) is 36.1 Å². The van der Waals surface area contributed by atoms with Crippen molar-refractivity contribution in [2.24, 2.45) is 0 Å². The van der Waals surface area contributed by atoms with Gasteiger partial charge in [0.25, 0.3) is 11.6 Å².